The van der Waals surface area contributed by atoms with Gasteiger partial charge >= 0.3 is 0 Å². The molecule has 0 unspecified atom stereocenters. The summed E-state index contributed by atoms with van der Waals surface area (Å²) in [5.41, 5.74) is 14.9. The molecule has 62 heavy (non-hydrogen) atoms. The highest BCUT2D eigenvalue weighted by molar-refractivity contribution is 6.13. The molecule has 0 fully saturated rings. The summed E-state index contributed by atoms with van der Waals surface area (Å²) in [6.45, 7) is 0. The van der Waals surface area contributed by atoms with Crippen LogP contribution in [0.2, 0.25) is 0 Å². The van der Waals surface area contributed by atoms with E-state index in [1.165, 1.54) is 0 Å². The molecule has 8 aromatic carbocycles. The van der Waals surface area contributed by atoms with Crippen molar-refractivity contribution < 1.29 is 0 Å². The Bertz CT molecular complexity index is 3700. The molecule has 0 saturated carbocycles. The Balaban J connectivity index is 1.21. The van der Waals surface area contributed by atoms with Gasteiger partial charge in [-0.1, -0.05) is 109 Å². The summed E-state index contributed by atoms with van der Waals surface area (Å²) < 4.78 is 4.60. The van der Waals surface area contributed by atoms with Gasteiger partial charge in [0.1, 0.15) is 0 Å². The van der Waals surface area contributed by atoms with Crippen LogP contribution in [0.25, 0.3) is 99.8 Å². The van der Waals surface area contributed by atoms with E-state index in [1.807, 2.05) is 103 Å². The lowest BCUT2D eigenvalue weighted by Gasteiger charge is -2.19. The normalized spacial score (nSPS) is 11.2. The number of hydrogen-bond donors (Lipinski definition) is 0. The smallest absolute Gasteiger partial charge is 0.0999 e. The van der Waals surface area contributed by atoms with E-state index in [-0.39, 0.29) is 0 Å². The van der Waals surface area contributed by atoms with E-state index in [0.29, 0.717) is 22.4 Å². The van der Waals surface area contributed by atoms with Gasteiger partial charge in [-0.15, -0.1) is 0 Å². The number of pyridine rings is 1. The molecule has 0 bridgehead atoms. The van der Waals surface area contributed by atoms with E-state index in [0.717, 1.165) is 94.1 Å². The third-order valence-corrected chi connectivity index (χ3v) is 11.9. The van der Waals surface area contributed by atoms with Gasteiger partial charge in [0.25, 0.3) is 0 Å². The highest BCUT2D eigenvalue weighted by Gasteiger charge is 2.23. The molecular weight excluding hydrogens is 757 g/mol. The largest absolute Gasteiger partial charge is 0.307 e. The van der Waals surface area contributed by atoms with E-state index in [1.54, 1.807) is 0 Å². The first-order chi connectivity index (χ1) is 30.6. The summed E-state index contributed by atoms with van der Waals surface area (Å²) in [7, 11) is 0. The molecule has 11 rings (SSSR count). The molecule has 6 nitrogen and oxygen atoms in total. The molecule has 0 aliphatic heterocycles. The van der Waals surface area contributed by atoms with Crippen molar-refractivity contribution in [2.75, 3.05) is 0 Å². The van der Waals surface area contributed by atoms with Crippen molar-refractivity contribution in [3.8, 4) is 74.4 Å². The summed E-state index contributed by atoms with van der Waals surface area (Å²) in [4.78, 5) is 5.16. The second kappa shape index (κ2) is 14.7. The molecule has 0 radical (unpaired) electrons. The van der Waals surface area contributed by atoms with Crippen LogP contribution in [0.4, 0.5) is 0 Å². The predicted molar refractivity (Wildman–Crippen MR) is 249 cm³/mol. The fraction of sp³-hybridized carbons (Fsp3) is 0. The molecular formula is C56H32N6. The van der Waals surface area contributed by atoms with Gasteiger partial charge in [-0.25, -0.2) is 4.98 Å². The Morgan fingerprint density at radius 1 is 0.339 bits per heavy atom. The molecule has 0 spiro atoms. The van der Waals surface area contributed by atoms with Gasteiger partial charge in [0.15, 0.2) is 0 Å². The molecule has 0 aliphatic carbocycles. The number of para-hydroxylation sites is 2. The lowest BCUT2D eigenvalue weighted by atomic mass is 10.0. The minimum atomic E-state index is 0.505. The summed E-state index contributed by atoms with van der Waals surface area (Å²) in [6.07, 6.45) is 0. The topological polar surface area (TPSA) is 94.1 Å². The van der Waals surface area contributed by atoms with Crippen molar-refractivity contribution in [3.05, 3.63) is 211 Å². The van der Waals surface area contributed by atoms with Crippen molar-refractivity contribution in [3.63, 3.8) is 0 Å². The standard InChI is InChI=1S/C56H32N6/c57-33-36-17-21-38(22-18-36)41-25-27-53-47(29-41)44-11-4-6-15-51(44)61(53)55-31-43(35-59)46(50-14-8-13-49(60-50)40-9-2-1-3-10-40)32-56(55)62-52-16-7-5-12-45(52)48-30-42(26-28-54(48)62)39-23-19-37(34-58)20-24-39/h1-32H. The maximum Gasteiger partial charge on any atom is 0.0999 e. The Kier molecular flexibility index (Phi) is 8.54. The van der Waals surface area contributed by atoms with Crippen molar-refractivity contribution in [2.24, 2.45) is 0 Å². The molecule has 0 saturated heterocycles. The molecule has 11 aromatic rings. The van der Waals surface area contributed by atoms with Crippen LogP contribution in [0.5, 0.6) is 0 Å². The monoisotopic (exact) mass is 788 g/mol. The maximum absolute atomic E-state index is 11.0. The SMILES string of the molecule is N#Cc1ccc(-c2ccc3c(c2)c2ccccc2n3-c2cc(C#N)c(-c3cccc(-c4ccccc4)n3)cc2-n2c3ccccc3c3cc(-c4ccc(C#N)cc4)ccc32)cc1. The van der Waals surface area contributed by atoms with Crippen LogP contribution in [0.15, 0.2) is 194 Å². The third-order valence-electron chi connectivity index (χ3n) is 11.9. The number of benzene rings is 8. The van der Waals surface area contributed by atoms with E-state index in [4.69, 9.17) is 4.98 Å². The first-order valence-corrected chi connectivity index (χ1v) is 20.3. The van der Waals surface area contributed by atoms with Crippen LogP contribution >= 0.6 is 0 Å². The van der Waals surface area contributed by atoms with Gasteiger partial charge < -0.3 is 9.13 Å². The van der Waals surface area contributed by atoms with Crippen LogP contribution in [0.1, 0.15) is 16.7 Å². The highest BCUT2D eigenvalue weighted by Crippen LogP contribution is 2.42. The van der Waals surface area contributed by atoms with Gasteiger partial charge in [0.05, 0.1) is 79.7 Å². The fourth-order valence-corrected chi connectivity index (χ4v) is 8.89. The number of fused-ring (bicyclic) bond motifs is 6. The first kappa shape index (κ1) is 36.1. The summed E-state index contributed by atoms with van der Waals surface area (Å²) >= 11 is 0. The summed E-state index contributed by atoms with van der Waals surface area (Å²) in [5.74, 6) is 0. The number of nitrogens with zero attached hydrogens (tertiary/aromatic N) is 6. The van der Waals surface area contributed by atoms with Crippen LogP contribution in [0.3, 0.4) is 0 Å². The van der Waals surface area contributed by atoms with Gasteiger partial charge in [-0.05, 0) is 107 Å². The second-order valence-electron chi connectivity index (χ2n) is 15.3. The van der Waals surface area contributed by atoms with Gasteiger partial charge in [-0.3, -0.25) is 0 Å². The Hall–Kier alpha value is -9.02. The summed E-state index contributed by atoms with van der Waals surface area (Å²) in [6, 6.07) is 72.6. The predicted octanol–water partition coefficient (Wildman–Crippen LogP) is 13.6. The van der Waals surface area contributed by atoms with Crippen LogP contribution < -0.4 is 0 Å². The van der Waals surface area contributed by atoms with Crippen molar-refractivity contribution in [1.82, 2.24) is 14.1 Å². The lowest BCUT2D eigenvalue weighted by molar-refractivity contribution is 1.09. The van der Waals surface area contributed by atoms with Gasteiger partial charge in [0, 0.05) is 32.7 Å². The van der Waals surface area contributed by atoms with E-state index in [2.05, 4.69) is 118 Å². The molecule has 3 aromatic heterocycles. The van der Waals surface area contributed by atoms with Crippen LogP contribution in [0, 0.1) is 34.0 Å². The van der Waals surface area contributed by atoms with Crippen molar-refractivity contribution >= 4 is 43.6 Å². The molecule has 0 N–H and O–H groups in total. The first-order valence-electron chi connectivity index (χ1n) is 20.3. The Morgan fingerprint density at radius 3 is 1.34 bits per heavy atom. The minimum absolute atomic E-state index is 0.505. The Morgan fingerprint density at radius 2 is 0.806 bits per heavy atom. The summed E-state index contributed by atoms with van der Waals surface area (Å²) in [5, 5.41) is 34.2. The molecule has 286 valence electrons. The second-order valence-corrected chi connectivity index (χ2v) is 15.3. The zero-order valence-electron chi connectivity index (χ0n) is 33.2. The van der Waals surface area contributed by atoms with E-state index >= 15 is 0 Å². The maximum atomic E-state index is 11.0. The number of aromatic nitrogens is 3. The number of nitriles is 3. The minimum Gasteiger partial charge on any atom is -0.307 e. The average Bonchev–Trinajstić information content (AvgIpc) is 3.86. The van der Waals surface area contributed by atoms with Crippen molar-refractivity contribution in [1.29, 1.82) is 15.8 Å². The van der Waals surface area contributed by atoms with E-state index < -0.39 is 0 Å². The van der Waals surface area contributed by atoms with Gasteiger partial charge in [0.2, 0.25) is 0 Å². The lowest BCUT2D eigenvalue weighted by Crippen LogP contribution is -2.06. The number of rotatable bonds is 6. The highest BCUT2D eigenvalue weighted by atomic mass is 15.1. The quantitative estimate of drug-likeness (QED) is 0.168. The third kappa shape index (κ3) is 5.89. The molecule has 0 amide bonds. The molecule has 3 heterocycles. The van der Waals surface area contributed by atoms with Gasteiger partial charge in [-0.2, -0.15) is 15.8 Å². The zero-order chi connectivity index (χ0) is 41.7. The molecule has 0 aliphatic rings. The zero-order valence-corrected chi connectivity index (χ0v) is 33.2. The molecule has 6 heteroatoms. The van der Waals surface area contributed by atoms with Crippen LogP contribution in [-0.2, 0) is 0 Å². The average molecular weight is 789 g/mol. The van der Waals surface area contributed by atoms with E-state index in [9.17, 15) is 15.8 Å². The van der Waals surface area contributed by atoms with Crippen molar-refractivity contribution in [2.45, 2.75) is 0 Å². The Labute approximate surface area is 357 Å². The number of hydrogen-bond acceptors (Lipinski definition) is 4. The van der Waals surface area contributed by atoms with Crippen LogP contribution in [-0.4, -0.2) is 14.1 Å². The fourth-order valence-electron chi connectivity index (χ4n) is 8.89. The molecule has 0 atom stereocenters.